The Labute approximate surface area is 151 Å². The van der Waals surface area contributed by atoms with Crippen molar-refractivity contribution in [1.82, 2.24) is 14.4 Å². The molecule has 134 valence electrons. The van der Waals surface area contributed by atoms with Crippen LogP contribution in [0.2, 0.25) is 5.02 Å². The van der Waals surface area contributed by atoms with Crippen LogP contribution in [0.3, 0.4) is 0 Å². The summed E-state index contributed by atoms with van der Waals surface area (Å²) in [6.45, 7) is 1.92. The number of hydrogen-bond donors (Lipinski definition) is 0. The molecule has 0 amide bonds. The maximum Gasteiger partial charge on any atom is 0.245 e. The van der Waals surface area contributed by atoms with Crippen LogP contribution >= 0.6 is 11.6 Å². The summed E-state index contributed by atoms with van der Waals surface area (Å²) < 4.78 is 37.4. The van der Waals surface area contributed by atoms with Crippen molar-refractivity contribution in [3.8, 4) is 0 Å². The van der Waals surface area contributed by atoms with E-state index in [0.717, 1.165) is 5.56 Å². The first kappa shape index (κ1) is 18.1. The second-order valence-corrected chi connectivity index (χ2v) is 7.97. The molecule has 0 aliphatic carbocycles. The Bertz CT molecular complexity index is 864. The van der Waals surface area contributed by atoms with Crippen LogP contribution in [0.25, 0.3) is 6.08 Å². The van der Waals surface area contributed by atoms with Gasteiger partial charge in [0, 0.05) is 30.5 Å². The highest BCUT2D eigenvalue weighted by Gasteiger charge is 2.42. The minimum atomic E-state index is -3.69. The lowest BCUT2D eigenvalue weighted by Gasteiger charge is -2.18. The summed E-state index contributed by atoms with van der Waals surface area (Å²) in [5.74, 6) is 0.741. The van der Waals surface area contributed by atoms with Crippen molar-refractivity contribution in [2.24, 2.45) is 0 Å². The lowest BCUT2D eigenvalue weighted by atomic mass is 10.2. The van der Waals surface area contributed by atoms with E-state index in [2.05, 4.69) is 10.1 Å². The van der Waals surface area contributed by atoms with Gasteiger partial charge < -0.3 is 9.26 Å². The fourth-order valence-electron chi connectivity index (χ4n) is 2.71. The number of nitrogens with zero attached hydrogens (tertiary/aromatic N) is 3. The van der Waals surface area contributed by atoms with Gasteiger partial charge in [-0.3, -0.25) is 0 Å². The van der Waals surface area contributed by atoms with Crippen LogP contribution in [-0.4, -0.2) is 42.6 Å². The van der Waals surface area contributed by atoms with Gasteiger partial charge in [0.1, 0.15) is 6.04 Å². The zero-order valence-electron chi connectivity index (χ0n) is 13.8. The molecule has 0 N–H and O–H groups in total. The van der Waals surface area contributed by atoms with E-state index in [0.29, 0.717) is 17.3 Å². The summed E-state index contributed by atoms with van der Waals surface area (Å²) in [7, 11) is -2.13. The van der Waals surface area contributed by atoms with Gasteiger partial charge >= 0.3 is 0 Å². The molecule has 0 saturated carbocycles. The Hall–Kier alpha value is -1.74. The van der Waals surface area contributed by atoms with Gasteiger partial charge in [0.15, 0.2) is 5.82 Å². The number of aromatic nitrogens is 2. The Kier molecular flexibility index (Phi) is 5.24. The zero-order chi connectivity index (χ0) is 18.0. The van der Waals surface area contributed by atoms with Crippen LogP contribution in [0.4, 0.5) is 0 Å². The average Bonchev–Trinajstić information content (AvgIpc) is 3.20. The Balaban J connectivity index is 1.86. The molecule has 2 heterocycles. The number of hydrogen-bond acceptors (Lipinski definition) is 6. The number of halogens is 1. The van der Waals surface area contributed by atoms with E-state index < -0.39 is 16.1 Å². The Morgan fingerprint density at radius 2 is 2.08 bits per heavy atom. The third-order valence-electron chi connectivity index (χ3n) is 4.01. The molecule has 7 nitrogen and oxygen atoms in total. The van der Waals surface area contributed by atoms with Gasteiger partial charge in [-0.25, -0.2) is 8.42 Å². The van der Waals surface area contributed by atoms with E-state index in [1.807, 2.05) is 0 Å². The monoisotopic (exact) mass is 383 g/mol. The molecule has 1 aromatic carbocycles. The number of ether oxygens (including phenoxy) is 1. The molecule has 3 rings (SSSR count). The molecule has 25 heavy (non-hydrogen) atoms. The summed E-state index contributed by atoms with van der Waals surface area (Å²) >= 11 is 5.84. The quantitative estimate of drug-likeness (QED) is 0.789. The fraction of sp³-hybridized carbons (Fsp3) is 0.375. The van der Waals surface area contributed by atoms with E-state index in [1.54, 1.807) is 38.3 Å². The predicted molar refractivity (Wildman–Crippen MR) is 93.3 cm³/mol. The summed E-state index contributed by atoms with van der Waals surface area (Å²) in [5.41, 5.74) is 0.737. The van der Waals surface area contributed by atoms with Crippen molar-refractivity contribution in [3.63, 3.8) is 0 Å². The first-order chi connectivity index (χ1) is 11.9. The largest absolute Gasteiger partial charge is 0.380 e. The van der Waals surface area contributed by atoms with Gasteiger partial charge in [-0.1, -0.05) is 28.9 Å². The molecule has 2 atom stereocenters. The van der Waals surface area contributed by atoms with Crippen LogP contribution in [0, 0.1) is 6.92 Å². The molecular formula is C16H18ClN3O4S. The molecule has 2 aromatic rings. The third-order valence-corrected chi connectivity index (χ3v) is 5.80. The van der Waals surface area contributed by atoms with E-state index in [-0.39, 0.29) is 18.5 Å². The van der Waals surface area contributed by atoms with Crippen LogP contribution in [0.1, 0.15) is 29.7 Å². The lowest BCUT2D eigenvalue weighted by molar-refractivity contribution is 0.114. The summed E-state index contributed by atoms with van der Waals surface area (Å²) in [6.07, 6.45) is 1.77. The highest BCUT2D eigenvalue weighted by Crippen LogP contribution is 2.35. The normalized spacial score (nSPS) is 22.0. The Morgan fingerprint density at radius 1 is 1.36 bits per heavy atom. The number of methoxy groups -OCH3 is 1. The van der Waals surface area contributed by atoms with Crippen LogP contribution < -0.4 is 0 Å². The Morgan fingerprint density at radius 3 is 2.68 bits per heavy atom. The minimum Gasteiger partial charge on any atom is -0.380 e. The van der Waals surface area contributed by atoms with Crippen molar-refractivity contribution >= 4 is 27.7 Å². The molecule has 0 unspecified atom stereocenters. The predicted octanol–water partition coefficient (Wildman–Crippen LogP) is 2.79. The van der Waals surface area contributed by atoms with E-state index in [4.69, 9.17) is 20.9 Å². The lowest BCUT2D eigenvalue weighted by Crippen LogP contribution is -2.30. The van der Waals surface area contributed by atoms with Gasteiger partial charge in [0.05, 0.1) is 6.10 Å². The highest BCUT2D eigenvalue weighted by molar-refractivity contribution is 7.92. The van der Waals surface area contributed by atoms with Gasteiger partial charge in [-0.05, 0) is 30.7 Å². The van der Waals surface area contributed by atoms with Gasteiger partial charge in [0.2, 0.25) is 15.9 Å². The second-order valence-electron chi connectivity index (χ2n) is 5.76. The van der Waals surface area contributed by atoms with E-state index >= 15 is 0 Å². The van der Waals surface area contributed by atoms with Crippen LogP contribution in [0.15, 0.2) is 34.2 Å². The van der Waals surface area contributed by atoms with Crippen molar-refractivity contribution < 1.29 is 17.7 Å². The molecule has 1 fully saturated rings. The molecule has 0 radical (unpaired) electrons. The standard InChI is InChI=1S/C16H18ClN3O4S/c1-11-18-16(24-19-11)15-9-14(23-2)10-20(15)25(21,22)8-7-12-3-5-13(17)6-4-12/h3-8,14-15H,9-10H2,1-2H3/b8-7+/t14-,15+/m0/s1. The van der Waals surface area contributed by atoms with Crippen molar-refractivity contribution in [3.05, 3.63) is 52.0 Å². The molecule has 1 aliphatic heterocycles. The topological polar surface area (TPSA) is 85.5 Å². The van der Waals surface area contributed by atoms with Crippen molar-refractivity contribution in [2.75, 3.05) is 13.7 Å². The first-order valence-electron chi connectivity index (χ1n) is 7.67. The van der Waals surface area contributed by atoms with Gasteiger partial charge in [-0.15, -0.1) is 0 Å². The smallest absolute Gasteiger partial charge is 0.245 e. The maximum atomic E-state index is 12.8. The summed E-state index contributed by atoms with van der Waals surface area (Å²) in [5, 5.41) is 5.51. The minimum absolute atomic E-state index is 0.226. The molecule has 1 aromatic heterocycles. The van der Waals surface area contributed by atoms with Crippen LogP contribution in [-0.2, 0) is 14.8 Å². The molecule has 0 spiro atoms. The molecule has 1 saturated heterocycles. The summed E-state index contributed by atoms with van der Waals surface area (Å²) in [4.78, 5) is 4.17. The molecule has 0 bridgehead atoms. The molecular weight excluding hydrogens is 366 g/mol. The van der Waals surface area contributed by atoms with Crippen molar-refractivity contribution in [1.29, 1.82) is 0 Å². The first-order valence-corrected chi connectivity index (χ1v) is 9.55. The number of sulfonamides is 1. The maximum absolute atomic E-state index is 12.8. The van der Waals surface area contributed by atoms with E-state index in [9.17, 15) is 8.42 Å². The SMILES string of the molecule is CO[C@H]1C[C@H](c2nc(C)no2)N(S(=O)(=O)/C=C/c2ccc(Cl)cc2)C1. The van der Waals surface area contributed by atoms with Crippen molar-refractivity contribution in [2.45, 2.75) is 25.5 Å². The molecule has 1 aliphatic rings. The zero-order valence-corrected chi connectivity index (χ0v) is 15.4. The van der Waals surface area contributed by atoms with Crippen LogP contribution in [0.5, 0.6) is 0 Å². The number of aryl methyl sites for hydroxylation is 1. The van der Waals surface area contributed by atoms with Gasteiger partial charge in [-0.2, -0.15) is 9.29 Å². The number of rotatable bonds is 5. The number of benzene rings is 1. The highest BCUT2D eigenvalue weighted by atomic mass is 35.5. The van der Waals surface area contributed by atoms with Gasteiger partial charge in [0.25, 0.3) is 0 Å². The fourth-order valence-corrected chi connectivity index (χ4v) is 4.23. The third kappa shape index (κ3) is 4.09. The summed E-state index contributed by atoms with van der Waals surface area (Å²) in [6, 6.07) is 6.36. The molecule has 9 heteroatoms. The van der Waals surface area contributed by atoms with E-state index in [1.165, 1.54) is 15.8 Å². The average molecular weight is 384 g/mol. The second kappa shape index (κ2) is 7.25.